The SMILES string of the molecule is O=C(O)CCCCCNC(=O)CC1CCCc2ccccc21. The first-order valence-corrected chi connectivity index (χ1v) is 8.23. The van der Waals surface area contributed by atoms with Crippen molar-refractivity contribution in [1.82, 2.24) is 5.32 Å². The number of fused-ring (bicyclic) bond motifs is 1. The summed E-state index contributed by atoms with van der Waals surface area (Å²) >= 11 is 0. The van der Waals surface area contributed by atoms with Gasteiger partial charge in [-0.15, -0.1) is 0 Å². The van der Waals surface area contributed by atoms with E-state index in [9.17, 15) is 9.59 Å². The van der Waals surface area contributed by atoms with Gasteiger partial charge in [-0.3, -0.25) is 9.59 Å². The molecule has 0 aromatic heterocycles. The number of carbonyl (C=O) groups excluding carboxylic acids is 1. The van der Waals surface area contributed by atoms with E-state index >= 15 is 0 Å². The molecule has 0 fully saturated rings. The van der Waals surface area contributed by atoms with Gasteiger partial charge in [0.1, 0.15) is 0 Å². The molecule has 0 spiro atoms. The van der Waals surface area contributed by atoms with Crippen LogP contribution in [-0.4, -0.2) is 23.5 Å². The summed E-state index contributed by atoms with van der Waals surface area (Å²) in [5.74, 6) is -0.295. The van der Waals surface area contributed by atoms with Crippen molar-refractivity contribution in [2.45, 2.75) is 57.3 Å². The van der Waals surface area contributed by atoms with E-state index in [1.54, 1.807) is 0 Å². The van der Waals surface area contributed by atoms with Crippen LogP contribution in [-0.2, 0) is 16.0 Å². The molecule has 0 bridgehead atoms. The van der Waals surface area contributed by atoms with Crippen molar-refractivity contribution >= 4 is 11.9 Å². The van der Waals surface area contributed by atoms with Gasteiger partial charge >= 0.3 is 5.97 Å². The van der Waals surface area contributed by atoms with Gasteiger partial charge in [0, 0.05) is 19.4 Å². The molecule has 1 aliphatic carbocycles. The summed E-state index contributed by atoms with van der Waals surface area (Å²) in [6.45, 7) is 0.646. The average Bonchev–Trinajstić information content (AvgIpc) is 2.51. The highest BCUT2D eigenvalue weighted by atomic mass is 16.4. The molecule has 0 radical (unpaired) electrons. The second-order valence-corrected chi connectivity index (χ2v) is 6.05. The largest absolute Gasteiger partial charge is 0.481 e. The molecule has 2 N–H and O–H groups in total. The molecule has 1 unspecified atom stereocenters. The fraction of sp³-hybridized carbons (Fsp3) is 0.556. The molecule has 0 heterocycles. The number of carboxylic acid groups (broad SMARTS) is 1. The first-order chi connectivity index (χ1) is 10.7. The minimum Gasteiger partial charge on any atom is -0.481 e. The van der Waals surface area contributed by atoms with Crippen LogP contribution in [0.2, 0.25) is 0 Å². The van der Waals surface area contributed by atoms with Crippen LogP contribution < -0.4 is 5.32 Å². The van der Waals surface area contributed by atoms with Crippen LogP contribution in [0.4, 0.5) is 0 Å². The molecule has 2 rings (SSSR count). The maximum atomic E-state index is 12.1. The van der Waals surface area contributed by atoms with Crippen molar-refractivity contribution in [3.63, 3.8) is 0 Å². The summed E-state index contributed by atoms with van der Waals surface area (Å²) in [7, 11) is 0. The number of carbonyl (C=O) groups is 2. The molecule has 1 aromatic rings. The van der Waals surface area contributed by atoms with Gasteiger partial charge in [-0.05, 0) is 49.1 Å². The Hall–Kier alpha value is -1.84. The molecule has 4 heteroatoms. The fourth-order valence-electron chi connectivity index (χ4n) is 3.17. The molecule has 1 aliphatic rings. The van der Waals surface area contributed by atoms with Crippen molar-refractivity contribution in [2.75, 3.05) is 6.54 Å². The van der Waals surface area contributed by atoms with E-state index in [1.807, 2.05) is 0 Å². The van der Waals surface area contributed by atoms with Crippen molar-refractivity contribution in [3.05, 3.63) is 35.4 Å². The Labute approximate surface area is 131 Å². The van der Waals surface area contributed by atoms with Crippen LogP contribution in [0.1, 0.15) is 62.0 Å². The molecule has 0 saturated carbocycles. The van der Waals surface area contributed by atoms with Crippen molar-refractivity contribution < 1.29 is 14.7 Å². The highest BCUT2D eigenvalue weighted by molar-refractivity contribution is 5.77. The lowest BCUT2D eigenvalue weighted by atomic mass is 9.81. The van der Waals surface area contributed by atoms with Crippen LogP contribution in [0.25, 0.3) is 0 Å². The number of aliphatic carboxylic acids is 1. The number of aryl methyl sites for hydroxylation is 1. The summed E-state index contributed by atoms with van der Waals surface area (Å²) in [5.41, 5.74) is 2.73. The number of amides is 1. The minimum absolute atomic E-state index is 0.111. The Balaban J connectivity index is 1.69. The van der Waals surface area contributed by atoms with Crippen LogP contribution in [0.15, 0.2) is 24.3 Å². The fourth-order valence-corrected chi connectivity index (χ4v) is 3.17. The van der Waals surface area contributed by atoms with E-state index in [0.717, 1.165) is 32.1 Å². The number of rotatable bonds is 8. The molecular weight excluding hydrogens is 278 g/mol. The quantitative estimate of drug-likeness (QED) is 0.724. The van der Waals surface area contributed by atoms with Crippen LogP contribution >= 0.6 is 0 Å². The Morgan fingerprint density at radius 1 is 1.18 bits per heavy atom. The molecule has 1 atom stereocenters. The Kier molecular flexibility index (Phi) is 6.44. The number of hydrogen-bond acceptors (Lipinski definition) is 2. The summed E-state index contributed by atoms with van der Waals surface area (Å²) in [6, 6.07) is 8.44. The molecule has 22 heavy (non-hydrogen) atoms. The van der Waals surface area contributed by atoms with Gasteiger partial charge in [-0.2, -0.15) is 0 Å². The van der Waals surface area contributed by atoms with Gasteiger partial charge in [0.2, 0.25) is 5.91 Å². The van der Waals surface area contributed by atoms with Crippen LogP contribution in [0.3, 0.4) is 0 Å². The summed E-state index contributed by atoms with van der Waals surface area (Å²) < 4.78 is 0. The lowest BCUT2D eigenvalue weighted by Gasteiger charge is -2.25. The summed E-state index contributed by atoms with van der Waals surface area (Å²) in [6.07, 6.45) is 6.52. The van der Waals surface area contributed by atoms with Gasteiger partial charge in [-0.1, -0.05) is 30.7 Å². The second-order valence-electron chi connectivity index (χ2n) is 6.05. The predicted molar refractivity (Wildman–Crippen MR) is 85.9 cm³/mol. The van der Waals surface area contributed by atoms with E-state index in [1.165, 1.54) is 11.1 Å². The monoisotopic (exact) mass is 303 g/mol. The number of unbranched alkanes of at least 4 members (excludes halogenated alkanes) is 2. The maximum absolute atomic E-state index is 12.1. The minimum atomic E-state index is -0.750. The molecule has 120 valence electrons. The Morgan fingerprint density at radius 2 is 2.00 bits per heavy atom. The first-order valence-electron chi connectivity index (χ1n) is 8.23. The Morgan fingerprint density at radius 3 is 2.82 bits per heavy atom. The average molecular weight is 303 g/mol. The number of benzene rings is 1. The molecule has 4 nitrogen and oxygen atoms in total. The number of carboxylic acids is 1. The van der Waals surface area contributed by atoms with Gasteiger partial charge in [0.05, 0.1) is 0 Å². The molecule has 1 aromatic carbocycles. The zero-order valence-corrected chi connectivity index (χ0v) is 13.0. The van der Waals surface area contributed by atoms with Crippen molar-refractivity contribution in [2.24, 2.45) is 0 Å². The van der Waals surface area contributed by atoms with E-state index in [2.05, 4.69) is 29.6 Å². The van der Waals surface area contributed by atoms with Gasteiger partial charge in [0.25, 0.3) is 0 Å². The van der Waals surface area contributed by atoms with E-state index < -0.39 is 5.97 Å². The Bertz CT molecular complexity index is 513. The second kappa shape index (κ2) is 8.57. The third-order valence-corrected chi connectivity index (χ3v) is 4.32. The van der Waals surface area contributed by atoms with Gasteiger partial charge in [-0.25, -0.2) is 0 Å². The highest BCUT2D eigenvalue weighted by Gasteiger charge is 2.21. The lowest BCUT2D eigenvalue weighted by Crippen LogP contribution is -2.27. The van der Waals surface area contributed by atoms with E-state index in [-0.39, 0.29) is 12.3 Å². The van der Waals surface area contributed by atoms with E-state index in [0.29, 0.717) is 25.3 Å². The van der Waals surface area contributed by atoms with Gasteiger partial charge < -0.3 is 10.4 Å². The topological polar surface area (TPSA) is 66.4 Å². The van der Waals surface area contributed by atoms with Crippen LogP contribution in [0.5, 0.6) is 0 Å². The lowest BCUT2D eigenvalue weighted by molar-refractivity contribution is -0.137. The van der Waals surface area contributed by atoms with Gasteiger partial charge in [0.15, 0.2) is 0 Å². The highest BCUT2D eigenvalue weighted by Crippen LogP contribution is 2.33. The molecule has 1 amide bonds. The smallest absolute Gasteiger partial charge is 0.303 e. The zero-order valence-electron chi connectivity index (χ0n) is 13.0. The maximum Gasteiger partial charge on any atom is 0.303 e. The number of hydrogen-bond donors (Lipinski definition) is 2. The standard InChI is InChI=1S/C18H25NO3/c20-17(19-12-5-1-2-11-18(21)22)13-15-9-6-8-14-7-3-4-10-16(14)15/h3-4,7,10,15H,1-2,5-6,8-9,11-13H2,(H,19,20)(H,21,22). The zero-order chi connectivity index (χ0) is 15.8. The summed E-state index contributed by atoms with van der Waals surface area (Å²) in [4.78, 5) is 22.4. The third-order valence-electron chi connectivity index (χ3n) is 4.32. The molecular formula is C18H25NO3. The number of nitrogens with one attached hydrogen (secondary N) is 1. The van der Waals surface area contributed by atoms with Crippen molar-refractivity contribution in [1.29, 1.82) is 0 Å². The van der Waals surface area contributed by atoms with E-state index in [4.69, 9.17) is 5.11 Å². The molecule has 0 aliphatic heterocycles. The summed E-state index contributed by atoms with van der Waals surface area (Å²) in [5, 5.41) is 11.5. The van der Waals surface area contributed by atoms with Crippen molar-refractivity contribution in [3.8, 4) is 0 Å². The van der Waals surface area contributed by atoms with Crippen LogP contribution in [0, 0.1) is 0 Å². The molecule has 0 saturated heterocycles. The predicted octanol–water partition coefficient (Wildman–Crippen LogP) is 3.26. The third kappa shape index (κ3) is 5.17. The normalized spacial score (nSPS) is 16.8. The first kappa shape index (κ1) is 16.5.